The lowest BCUT2D eigenvalue weighted by atomic mass is 9.94. The van der Waals surface area contributed by atoms with E-state index in [9.17, 15) is 0 Å². The summed E-state index contributed by atoms with van der Waals surface area (Å²) in [7, 11) is 4.37. The van der Waals surface area contributed by atoms with E-state index in [0.29, 0.717) is 12.0 Å². The molecule has 0 saturated carbocycles. The molecule has 0 aromatic carbocycles. The van der Waals surface area contributed by atoms with Gasteiger partial charge in [-0.05, 0) is 49.7 Å². The Kier molecular flexibility index (Phi) is 4.15. The van der Waals surface area contributed by atoms with Crippen molar-refractivity contribution in [2.45, 2.75) is 12.5 Å². The number of hydrogen-bond donors (Lipinski definition) is 0. The summed E-state index contributed by atoms with van der Waals surface area (Å²) >= 11 is 0. The molecule has 3 rings (SSSR count). The highest BCUT2D eigenvalue weighted by atomic mass is 15.2. The van der Waals surface area contributed by atoms with Crippen molar-refractivity contribution in [1.29, 1.82) is 0 Å². The number of nitrogens with zero attached hydrogens (tertiary/aromatic N) is 4. The van der Waals surface area contributed by atoms with Crippen molar-refractivity contribution in [1.82, 2.24) is 14.9 Å². The third-order valence-electron chi connectivity index (χ3n) is 4.41. The van der Waals surface area contributed by atoms with E-state index in [4.69, 9.17) is 0 Å². The Bertz CT molecular complexity index is 558. The summed E-state index contributed by atoms with van der Waals surface area (Å²) in [5.41, 5.74) is 2.55. The first-order valence-corrected chi connectivity index (χ1v) is 7.47. The maximum Gasteiger partial charge on any atom is 0.0405 e. The fourth-order valence-electron chi connectivity index (χ4n) is 3.35. The Hall–Kier alpha value is -1.94. The van der Waals surface area contributed by atoms with E-state index in [2.05, 4.69) is 52.1 Å². The molecule has 2 aromatic heterocycles. The number of hydrogen-bond acceptors (Lipinski definition) is 4. The first kappa shape index (κ1) is 14.0. The molecule has 21 heavy (non-hydrogen) atoms. The Morgan fingerprint density at radius 3 is 2.71 bits per heavy atom. The summed E-state index contributed by atoms with van der Waals surface area (Å²) in [6, 6.07) is 8.82. The van der Waals surface area contributed by atoms with Crippen LogP contribution in [0.5, 0.6) is 0 Å². The second kappa shape index (κ2) is 6.22. The van der Waals surface area contributed by atoms with Crippen LogP contribution in [0.4, 0.5) is 5.69 Å². The molecule has 1 saturated heterocycles. The van der Waals surface area contributed by atoms with Gasteiger partial charge >= 0.3 is 0 Å². The maximum atomic E-state index is 4.29. The van der Waals surface area contributed by atoms with Gasteiger partial charge in [0.15, 0.2) is 0 Å². The van der Waals surface area contributed by atoms with E-state index < -0.39 is 0 Å². The van der Waals surface area contributed by atoms with Gasteiger partial charge in [-0.3, -0.25) is 14.9 Å². The van der Waals surface area contributed by atoms with Crippen LogP contribution in [0.1, 0.15) is 18.0 Å². The summed E-state index contributed by atoms with van der Waals surface area (Å²) in [4.78, 5) is 13.2. The summed E-state index contributed by atoms with van der Waals surface area (Å²) in [6.45, 7) is 2.20. The van der Waals surface area contributed by atoms with Crippen LogP contribution in [0.25, 0.3) is 0 Å². The maximum absolute atomic E-state index is 4.29. The highest BCUT2D eigenvalue weighted by molar-refractivity contribution is 5.43. The molecule has 3 heterocycles. The number of pyridine rings is 2. The van der Waals surface area contributed by atoms with Crippen LogP contribution >= 0.6 is 0 Å². The predicted octanol–water partition coefficient (Wildman–Crippen LogP) is 2.61. The SMILES string of the molecule is CN(CC1CCN(C)C1c1cccnc1)c1ccncc1. The van der Waals surface area contributed by atoms with Gasteiger partial charge in [0.2, 0.25) is 0 Å². The number of rotatable bonds is 4. The van der Waals surface area contributed by atoms with E-state index in [0.717, 1.165) is 13.1 Å². The molecule has 0 amide bonds. The topological polar surface area (TPSA) is 32.3 Å². The van der Waals surface area contributed by atoms with Crippen LogP contribution in [0.2, 0.25) is 0 Å². The van der Waals surface area contributed by atoms with E-state index >= 15 is 0 Å². The molecule has 4 nitrogen and oxygen atoms in total. The molecule has 0 aliphatic carbocycles. The minimum atomic E-state index is 0.461. The summed E-state index contributed by atoms with van der Waals surface area (Å²) in [5.74, 6) is 0.623. The minimum Gasteiger partial charge on any atom is -0.374 e. The molecule has 0 N–H and O–H groups in total. The van der Waals surface area contributed by atoms with Crippen LogP contribution in [-0.4, -0.2) is 42.1 Å². The lowest BCUT2D eigenvalue weighted by Crippen LogP contribution is -2.30. The molecule has 0 radical (unpaired) electrons. The molecule has 1 fully saturated rings. The molecule has 2 unspecified atom stereocenters. The lowest BCUT2D eigenvalue weighted by molar-refractivity contribution is 0.278. The highest BCUT2D eigenvalue weighted by Crippen LogP contribution is 2.36. The van der Waals surface area contributed by atoms with Gasteiger partial charge in [-0.2, -0.15) is 0 Å². The highest BCUT2D eigenvalue weighted by Gasteiger charge is 2.33. The van der Waals surface area contributed by atoms with Crippen LogP contribution in [0.15, 0.2) is 49.1 Å². The average Bonchev–Trinajstić information content (AvgIpc) is 2.89. The second-order valence-corrected chi connectivity index (χ2v) is 5.85. The Morgan fingerprint density at radius 2 is 2.00 bits per heavy atom. The fourth-order valence-corrected chi connectivity index (χ4v) is 3.35. The van der Waals surface area contributed by atoms with Gasteiger partial charge in [-0.1, -0.05) is 6.07 Å². The first-order valence-electron chi connectivity index (χ1n) is 7.47. The zero-order chi connectivity index (χ0) is 14.7. The standard InChI is InChI=1S/C17H22N4/c1-20-11-7-15(17(20)14-4-3-8-19-12-14)13-21(2)16-5-9-18-10-6-16/h3-6,8-10,12,15,17H,7,11,13H2,1-2H3. The Labute approximate surface area is 126 Å². The van der Waals surface area contributed by atoms with Crippen molar-refractivity contribution in [3.8, 4) is 0 Å². The number of likely N-dealkylation sites (tertiary alicyclic amines) is 1. The van der Waals surface area contributed by atoms with Crippen molar-refractivity contribution in [3.63, 3.8) is 0 Å². The van der Waals surface area contributed by atoms with E-state index in [-0.39, 0.29) is 0 Å². The largest absolute Gasteiger partial charge is 0.374 e. The van der Waals surface area contributed by atoms with Gasteiger partial charge in [-0.25, -0.2) is 0 Å². The van der Waals surface area contributed by atoms with Crippen molar-refractivity contribution >= 4 is 5.69 Å². The third kappa shape index (κ3) is 3.05. The second-order valence-electron chi connectivity index (χ2n) is 5.85. The van der Waals surface area contributed by atoms with Crippen LogP contribution < -0.4 is 4.90 Å². The van der Waals surface area contributed by atoms with Crippen molar-refractivity contribution in [2.24, 2.45) is 5.92 Å². The molecule has 0 bridgehead atoms. The Morgan fingerprint density at radius 1 is 1.19 bits per heavy atom. The van der Waals surface area contributed by atoms with Crippen LogP contribution in [0.3, 0.4) is 0 Å². The predicted molar refractivity (Wildman–Crippen MR) is 85.2 cm³/mol. The first-order chi connectivity index (χ1) is 10.3. The van der Waals surface area contributed by atoms with E-state index in [1.165, 1.54) is 17.7 Å². The molecule has 2 aromatic rings. The molecule has 2 atom stereocenters. The van der Waals surface area contributed by atoms with Gasteiger partial charge < -0.3 is 4.90 Å². The van der Waals surface area contributed by atoms with E-state index in [1.54, 1.807) is 0 Å². The zero-order valence-corrected chi connectivity index (χ0v) is 12.7. The van der Waals surface area contributed by atoms with Gasteiger partial charge in [0.25, 0.3) is 0 Å². The molecule has 1 aliphatic rings. The fraction of sp³-hybridized carbons (Fsp3) is 0.412. The van der Waals surface area contributed by atoms with Crippen molar-refractivity contribution in [2.75, 3.05) is 32.1 Å². The van der Waals surface area contributed by atoms with Crippen LogP contribution in [0, 0.1) is 5.92 Å². The normalized spacial score (nSPS) is 22.4. The number of aromatic nitrogens is 2. The summed E-state index contributed by atoms with van der Waals surface area (Å²) in [5, 5.41) is 0. The summed E-state index contributed by atoms with van der Waals surface area (Å²) in [6.07, 6.45) is 8.78. The van der Waals surface area contributed by atoms with Crippen LogP contribution in [-0.2, 0) is 0 Å². The van der Waals surface area contributed by atoms with Gasteiger partial charge in [-0.15, -0.1) is 0 Å². The molecular formula is C17H22N4. The zero-order valence-electron chi connectivity index (χ0n) is 12.7. The summed E-state index contributed by atoms with van der Waals surface area (Å²) < 4.78 is 0. The molecular weight excluding hydrogens is 260 g/mol. The molecule has 1 aliphatic heterocycles. The minimum absolute atomic E-state index is 0.461. The van der Waals surface area contributed by atoms with E-state index in [1.807, 2.05) is 30.9 Å². The third-order valence-corrected chi connectivity index (χ3v) is 4.41. The van der Waals surface area contributed by atoms with Crippen molar-refractivity contribution in [3.05, 3.63) is 54.6 Å². The monoisotopic (exact) mass is 282 g/mol. The smallest absolute Gasteiger partial charge is 0.0405 e. The molecule has 4 heteroatoms. The quantitative estimate of drug-likeness (QED) is 0.863. The average molecular weight is 282 g/mol. The van der Waals surface area contributed by atoms with Gasteiger partial charge in [0.05, 0.1) is 0 Å². The van der Waals surface area contributed by atoms with Gasteiger partial charge in [0, 0.05) is 50.1 Å². The lowest BCUT2D eigenvalue weighted by Gasteiger charge is -2.29. The Balaban J connectivity index is 1.75. The van der Waals surface area contributed by atoms with Crippen molar-refractivity contribution < 1.29 is 0 Å². The number of anilines is 1. The molecule has 110 valence electrons. The van der Waals surface area contributed by atoms with Gasteiger partial charge in [0.1, 0.15) is 0 Å². The molecule has 0 spiro atoms.